The number of para-hydroxylation sites is 1. The van der Waals surface area contributed by atoms with E-state index >= 15 is 0 Å². The molecule has 2 aliphatic heterocycles. The molecule has 7 nitrogen and oxygen atoms in total. The molecule has 1 fully saturated rings. The molecule has 0 bridgehead atoms. The van der Waals surface area contributed by atoms with Crippen LogP contribution in [0.4, 0.5) is 5.82 Å². The first-order valence-corrected chi connectivity index (χ1v) is 9.62. The van der Waals surface area contributed by atoms with Gasteiger partial charge in [0, 0.05) is 41.9 Å². The van der Waals surface area contributed by atoms with Crippen molar-refractivity contribution in [2.24, 2.45) is 5.41 Å². The van der Waals surface area contributed by atoms with Crippen LogP contribution in [-0.2, 0) is 11.2 Å². The van der Waals surface area contributed by atoms with Crippen LogP contribution in [0.1, 0.15) is 28.7 Å². The number of carbonyl (C=O) groups excluding carboxylic acids is 1. The van der Waals surface area contributed by atoms with E-state index in [2.05, 4.69) is 22.5 Å². The van der Waals surface area contributed by atoms with Crippen molar-refractivity contribution in [1.82, 2.24) is 20.3 Å². The maximum absolute atomic E-state index is 12.1. The minimum Gasteiger partial charge on any atom is -0.380 e. The third-order valence-corrected chi connectivity index (χ3v) is 5.55. The summed E-state index contributed by atoms with van der Waals surface area (Å²) in [6.07, 6.45) is 0.810. The van der Waals surface area contributed by atoms with Crippen molar-refractivity contribution < 1.29 is 9.53 Å². The highest BCUT2D eigenvalue weighted by Crippen LogP contribution is 2.31. The third kappa shape index (κ3) is 2.82. The Labute approximate surface area is 162 Å². The summed E-state index contributed by atoms with van der Waals surface area (Å²) in [4.78, 5) is 25.2. The van der Waals surface area contributed by atoms with E-state index in [0.717, 1.165) is 71.2 Å². The lowest BCUT2D eigenvalue weighted by molar-refractivity contribution is -0.0924. The maximum Gasteiger partial charge on any atom is 0.253 e. The number of amides is 1. The first kappa shape index (κ1) is 17.2. The smallest absolute Gasteiger partial charge is 0.253 e. The molecule has 28 heavy (non-hydrogen) atoms. The van der Waals surface area contributed by atoms with E-state index in [-0.39, 0.29) is 11.3 Å². The molecule has 2 aliphatic rings. The van der Waals surface area contributed by atoms with Crippen LogP contribution in [-0.4, -0.2) is 47.2 Å². The fraction of sp³-hybridized carbons (Fsp3) is 0.381. The Hall–Kier alpha value is -2.93. The Morgan fingerprint density at radius 3 is 2.86 bits per heavy atom. The number of H-pyrrole nitrogens is 1. The zero-order chi connectivity index (χ0) is 19.3. The number of nitrogens with one attached hydrogen (secondary N) is 3. The molecule has 0 radical (unpaired) electrons. The molecule has 0 spiro atoms. The van der Waals surface area contributed by atoms with Crippen molar-refractivity contribution in [3.8, 4) is 11.3 Å². The molecule has 1 aromatic carbocycles. The Balaban J connectivity index is 1.56. The van der Waals surface area contributed by atoms with Crippen molar-refractivity contribution in [3.63, 3.8) is 0 Å². The van der Waals surface area contributed by atoms with Gasteiger partial charge in [0.25, 0.3) is 5.91 Å². The van der Waals surface area contributed by atoms with Gasteiger partial charge in [-0.3, -0.25) is 4.79 Å². The minimum absolute atomic E-state index is 0.0239. The van der Waals surface area contributed by atoms with Crippen LogP contribution in [0.3, 0.4) is 0 Å². The SMILES string of the molecule is Cc1nc2cccc(-c3cc4c([nH]3)CCNC4=O)c2nc1NCC1(C)COC1. The largest absolute Gasteiger partial charge is 0.380 e. The lowest BCUT2D eigenvalue weighted by Gasteiger charge is -2.38. The fourth-order valence-corrected chi connectivity index (χ4v) is 3.84. The molecule has 0 unspecified atom stereocenters. The number of fused-ring (bicyclic) bond motifs is 2. The molecule has 1 saturated heterocycles. The molecule has 1 amide bonds. The van der Waals surface area contributed by atoms with Crippen LogP contribution in [0.5, 0.6) is 0 Å². The highest BCUT2D eigenvalue weighted by molar-refractivity contribution is 5.99. The lowest BCUT2D eigenvalue weighted by atomic mass is 9.89. The number of aryl methyl sites for hydroxylation is 1. The third-order valence-electron chi connectivity index (χ3n) is 5.55. The van der Waals surface area contributed by atoms with E-state index in [1.807, 2.05) is 31.2 Å². The molecular formula is C21H23N5O2. The van der Waals surface area contributed by atoms with Gasteiger partial charge >= 0.3 is 0 Å². The molecule has 7 heteroatoms. The second-order valence-corrected chi connectivity index (χ2v) is 8.07. The lowest BCUT2D eigenvalue weighted by Crippen LogP contribution is -2.45. The van der Waals surface area contributed by atoms with Crippen molar-refractivity contribution in [2.45, 2.75) is 20.3 Å². The molecule has 5 rings (SSSR count). The van der Waals surface area contributed by atoms with E-state index in [0.29, 0.717) is 6.54 Å². The van der Waals surface area contributed by atoms with Gasteiger partial charge in [-0.1, -0.05) is 19.1 Å². The van der Waals surface area contributed by atoms with Crippen LogP contribution in [0.2, 0.25) is 0 Å². The van der Waals surface area contributed by atoms with E-state index in [1.54, 1.807) is 0 Å². The average Bonchev–Trinajstić information content (AvgIpc) is 3.10. The summed E-state index contributed by atoms with van der Waals surface area (Å²) >= 11 is 0. The highest BCUT2D eigenvalue weighted by Gasteiger charge is 2.33. The molecular weight excluding hydrogens is 354 g/mol. The molecule has 3 aromatic rings. The maximum atomic E-state index is 12.1. The van der Waals surface area contributed by atoms with Crippen LogP contribution in [0.25, 0.3) is 22.3 Å². The van der Waals surface area contributed by atoms with E-state index in [4.69, 9.17) is 14.7 Å². The van der Waals surface area contributed by atoms with Crippen molar-refractivity contribution >= 4 is 22.8 Å². The topological polar surface area (TPSA) is 91.9 Å². The molecule has 144 valence electrons. The first-order chi connectivity index (χ1) is 13.5. The van der Waals surface area contributed by atoms with Crippen LogP contribution in [0, 0.1) is 12.3 Å². The average molecular weight is 377 g/mol. The Morgan fingerprint density at radius 2 is 2.11 bits per heavy atom. The number of aromatic amines is 1. The van der Waals surface area contributed by atoms with Gasteiger partial charge in [0.1, 0.15) is 11.3 Å². The standard InChI is InChI=1S/C21H23N5O2/c1-12-19(23-9-21(2)10-28-11-21)26-18-13(4-3-5-16(18)24-12)17-8-14-15(25-17)6-7-22-20(14)27/h3-5,8,25H,6-7,9-11H2,1-2H3,(H,22,27)(H,23,26). The number of hydrogen-bond acceptors (Lipinski definition) is 5. The van der Waals surface area contributed by atoms with E-state index < -0.39 is 0 Å². The number of aromatic nitrogens is 3. The molecule has 3 N–H and O–H groups in total. The van der Waals surface area contributed by atoms with E-state index in [1.165, 1.54) is 0 Å². The summed E-state index contributed by atoms with van der Waals surface area (Å²) in [6.45, 7) is 7.17. The summed E-state index contributed by atoms with van der Waals surface area (Å²) in [5.74, 6) is 0.770. The Morgan fingerprint density at radius 1 is 1.25 bits per heavy atom. The van der Waals surface area contributed by atoms with Gasteiger partial charge in [0.15, 0.2) is 0 Å². The summed E-state index contributed by atoms with van der Waals surface area (Å²) in [7, 11) is 0. The van der Waals surface area contributed by atoms with Crippen molar-refractivity contribution in [2.75, 3.05) is 31.6 Å². The van der Waals surface area contributed by atoms with Gasteiger partial charge in [0.2, 0.25) is 0 Å². The quantitative estimate of drug-likeness (QED) is 0.650. The van der Waals surface area contributed by atoms with Gasteiger partial charge in [0.05, 0.1) is 30.0 Å². The summed E-state index contributed by atoms with van der Waals surface area (Å²) in [5, 5.41) is 6.35. The molecule has 4 heterocycles. The molecule has 2 aromatic heterocycles. The normalized spacial score (nSPS) is 17.7. The van der Waals surface area contributed by atoms with Crippen LogP contribution in [0.15, 0.2) is 24.3 Å². The van der Waals surface area contributed by atoms with Crippen molar-refractivity contribution in [3.05, 3.63) is 41.2 Å². The number of anilines is 1. The number of rotatable bonds is 4. The van der Waals surface area contributed by atoms with Gasteiger partial charge in [-0.25, -0.2) is 9.97 Å². The van der Waals surface area contributed by atoms with Crippen LogP contribution < -0.4 is 10.6 Å². The van der Waals surface area contributed by atoms with Crippen LogP contribution >= 0.6 is 0 Å². The van der Waals surface area contributed by atoms with Gasteiger partial charge in [-0.05, 0) is 19.1 Å². The first-order valence-electron chi connectivity index (χ1n) is 9.62. The number of nitrogens with zero attached hydrogens (tertiary/aromatic N) is 2. The van der Waals surface area contributed by atoms with Crippen molar-refractivity contribution in [1.29, 1.82) is 0 Å². The van der Waals surface area contributed by atoms with Gasteiger partial charge in [-0.15, -0.1) is 0 Å². The predicted octanol–water partition coefficient (Wildman–Crippen LogP) is 2.67. The zero-order valence-corrected chi connectivity index (χ0v) is 16.1. The monoisotopic (exact) mass is 377 g/mol. The number of hydrogen-bond donors (Lipinski definition) is 3. The molecule has 0 atom stereocenters. The zero-order valence-electron chi connectivity index (χ0n) is 16.1. The number of benzene rings is 1. The second kappa shape index (κ2) is 6.31. The summed E-state index contributed by atoms with van der Waals surface area (Å²) in [6, 6.07) is 7.89. The highest BCUT2D eigenvalue weighted by atomic mass is 16.5. The number of ether oxygens (including phenoxy) is 1. The second-order valence-electron chi connectivity index (χ2n) is 8.07. The molecule has 0 aliphatic carbocycles. The molecule has 0 saturated carbocycles. The summed E-state index contributed by atoms with van der Waals surface area (Å²) < 4.78 is 5.34. The summed E-state index contributed by atoms with van der Waals surface area (Å²) in [5.41, 5.74) is 6.24. The predicted molar refractivity (Wildman–Crippen MR) is 108 cm³/mol. The number of carbonyl (C=O) groups is 1. The van der Waals surface area contributed by atoms with Gasteiger partial charge < -0.3 is 20.4 Å². The Kier molecular flexibility index (Phi) is 3.87. The van der Waals surface area contributed by atoms with Gasteiger partial charge in [-0.2, -0.15) is 0 Å². The minimum atomic E-state index is -0.0239. The Bertz CT molecular complexity index is 1080. The fourth-order valence-electron chi connectivity index (χ4n) is 3.84. The van der Waals surface area contributed by atoms with E-state index in [9.17, 15) is 4.79 Å².